The smallest absolute Gasteiger partial charge is 0.226 e. The van der Waals surface area contributed by atoms with Crippen LogP contribution < -0.4 is 4.90 Å². The standard InChI is InChI=1S/C13H10ClN5/c14-13-16-11-10(5-15-18-11)12(17-13)19-6-8-3-1-2-4-9(8)7-19/h1-5H,6-7H2,(H,15,16,17,18). The van der Waals surface area contributed by atoms with E-state index in [4.69, 9.17) is 11.6 Å². The van der Waals surface area contributed by atoms with Gasteiger partial charge in [0.25, 0.3) is 0 Å². The van der Waals surface area contributed by atoms with Gasteiger partial charge in [-0.3, -0.25) is 5.10 Å². The molecule has 0 spiro atoms. The Morgan fingerprint density at radius 2 is 1.84 bits per heavy atom. The number of aromatic amines is 1. The highest BCUT2D eigenvalue weighted by Gasteiger charge is 2.22. The molecule has 0 saturated heterocycles. The molecule has 0 radical (unpaired) electrons. The van der Waals surface area contributed by atoms with Crippen molar-refractivity contribution < 1.29 is 0 Å². The van der Waals surface area contributed by atoms with Gasteiger partial charge in [0.05, 0.1) is 11.6 Å². The summed E-state index contributed by atoms with van der Waals surface area (Å²) in [6.07, 6.45) is 1.74. The zero-order valence-corrected chi connectivity index (χ0v) is 10.7. The fraction of sp³-hybridized carbons (Fsp3) is 0.154. The fourth-order valence-electron chi connectivity index (χ4n) is 2.52. The third kappa shape index (κ3) is 1.66. The maximum Gasteiger partial charge on any atom is 0.226 e. The summed E-state index contributed by atoms with van der Waals surface area (Å²) in [6, 6.07) is 8.40. The lowest BCUT2D eigenvalue weighted by Crippen LogP contribution is -2.16. The molecule has 0 unspecified atom stereocenters. The molecule has 6 heteroatoms. The molecule has 4 rings (SSSR count). The van der Waals surface area contributed by atoms with Crippen LogP contribution in [0.5, 0.6) is 0 Å². The van der Waals surface area contributed by atoms with Crippen LogP contribution in [-0.2, 0) is 13.1 Å². The second-order valence-corrected chi connectivity index (χ2v) is 4.91. The number of halogens is 1. The molecule has 94 valence electrons. The largest absolute Gasteiger partial charge is 0.347 e. The Hall–Kier alpha value is -2.14. The van der Waals surface area contributed by atoms with Crippen LogP contribution in [0.1, 0.15) is 11.1 Å². The van der Waals surface area contributed by atoms with E-state index in [9.17, 15) is 0 Å². The summed E-state index contributed by atoms with van der Waals surface area (Å²) in [4.78, 5) is 10.7. The van der Waals surface area contributed by atoms with Gasteiger partial charge in [-0.15, -0.1) is 0 Å². The number of anilines is 1. The molecule has 1 aromatic carbocycles. The van der Waals surface area contributed by atoms with Crippen molar-refractivity contribution in [2.45, 2.75) is 13.1 Å². The highest BCUT2D eigenvalue weighted by Crippen LogP contribution is 2.31. The van der Waals surface area contributed by atoms with Crippen molar-refractivity contribution in [3.8, 4) is 0 Å². The zero-order chi connectivity index (χ0) is 12.8. The number of fused-ring (bicyclic) bond motifs is 2. The van der Waals surface area contributed by atoms with Gasteiger partial charge in [0.15, 0.2) is 5.65 Å². The molecular weight excluding hydrogens is 262 g/mol. The van der Waals surface area contributed by atoms with Gasteiger partial charge in [0.2, 0.25) is 5.28 Å². The molecule has 3 heterocycles. The summed E-state index contributed by atoms with van der Waals surface area (Å²) in [5, 5.41) is 7.98. The number of benzene rings is 1. The first kappa shape index (κ1) is 10.8. The summed E-state index contributed by atoms with van der Waals surface area (Å²) >= 11 is 5.97. The van der Waals surface area contributed by atoms with Crippen LogP contribution in [0.2, 0.25) is 5.28 Å². The van der Waals surface area contributed by atoms with Gasteiger partial charge in [0, 0.05) is 13.1 Å². The monoisotopic (exact) mass is 271 g/mol. The molecular formula is C13H10ClN5. The Morgan fingerprint density at radius 3 is 2.58 bits per heavy atom. The van der Waals surface area contributed by atoms with Gasteiger partial charge in [-0.1, -0.05) is 24.3 Å². The van der Waals surface area contributed by atoms with Gasteiger partial charge in [0.1, 0.15) is 5.82 Å². The van der Waals surface area contributed by atoms with Crippen LogP contribution in [0.15, 0.2) is 30.5 Å². The number of H-pyrrole nitrogens is 1. The Morgan fingerprint density at radius 1 is 1.11 bits per heavy atom. The first-order chi connectivity index (χ1) is 9.31. The van der Waals surface area contributed by atoms with Gasteiger partial charge >= 0.3 is 0 Å². The van der Waals surface area contributed by atoms with Crippen molar-refractivity contribution >= 4 is 28.5 Å². The second-order valence-electron chi connectivity index (χ2n) is 4.57. The van der Waals surface area contributed by atoms with Crippen molar-refractivity contribution in [2.24, 2.45) is 0 Å². The minimum atomic E-state index is 0.239. The summed E-state index contributed by atoms with van der Waals surface area (Å²) in [6.45, 7) is 1.67. The first-order valence-electron chi connectivity index (χ1n) is 5.99. The van der Waals surface area contributed by atoms with E-state index < -0.39 is 0 Å². The first-order valence-corrected chi connectivity index (χ1v) is 6.37. The molecule has 3 aromatic rings. The highest BCUT2D eigenvalue weighted by atomic mass is 35.5. The predicted molar refractivity (Wildman–Crippen MR) is 73.0 cm³/mol. The van der Waals surface area contributed by atoms with E-state index in [1.54, 1.807) is 6.20 Å². The normalized spacial score (nSPS) is 14.1. The average molecular weight is 272 g/mol. The van der Waals surface area contributed by atoms with E-state index in [0.717, 1.165) is 24.3 Å². The summed E-state index contributed by atoms with van der Waals surface area (Å²) < 4.78 is 0. The minimum absolute atomic E-state index is 0.239. The molecule has 0 bridgehead atoms. The third-order valence-electron chi connectivity index (χ3n) is 3.40. The number of nitrogens with zero attached hydrogens (tertiary/aromatic N) is 4. The maximum absolute atomic E-state index is 5.97. The Kier molecular flexibility index (Phi) is 2.22. The molecule has 1 N–H and O–H groups in total. The molecule has 0 fully saturated rings. The average Bonchev–Trinajstić information content (AvgIpc) is 3.03. The number of nitrogens with one attached hydrogen (secondary N) is 1. The molecule has 2 aromatic heterocycles. The van der Waals surface area contributed by atoms with Crippen molar-refractivity contribution in [1.82, 2.24) is 20.2 Å². The molecule has 0 saturated carbocycles. The van der Waals surface area contributed by atoms with E-state index in [1.807, 2.05) is 0 Å². The minimum Gasteiger partial charge on any atom is -0.347 e. The van der Waals surface area contributed by atoms with Crippen LogP contribution >= 0.6 is 11.6 Å². The van der Waals surface area contributed by atoms with Crippen LogP contribution in [0.25, 0.3) is 11.0 Å². The molecule has 0 amide bonds. The van der Waals surface area contributed by atoms with Crippen molar-refractivity contribution in [3.05, 3.63) is 46.9 Å². The lowest BCUT2D eigenvalue weighted by molar-refractivity contribution is 0.860. The van der Waals surface area contributed by atoms with Crippen molar-refractivity contribution in [2.75, 3.05) is 4.90 Å². The highest BCUT2D eigenvalue weighted by molar-refractivity contribution is 6.28. The Bertz CT molecular complexity index is 742. The number of aromatic nitrogens is 4. The zero-order valence-electron chi connectivity index (χ0n) is 9.97. The topological polar surface area (TPSA) is 57.7 Å². The van der Waals surface area contributed by atoms with E-state index >= 15 is 0 Å². The predicted octanol–water partition coefficient (Wildman–Crippen LogP) is 2.53. The van der Waals surface area contributed by atoms with E-state index in [2.05, 4.69) is 49.3 Å². The van der Waals surface area contributed by atoms with Crippen LogP contribution in [-0.4, -0.2) is 20.2 Å². The van der Waals surface area contributed by atoms with Crippen LogP contribution in [0.4, 0.5) is 5.82 Å². The molecule has 19 heavy (non-hydrogen) atoms. The maximum atomic E-state index is 5.97. The van der Waals surface area contributed by atoms with Gasteiger partial charge < -0.3 is 4.90 Å². The SMILES string of the molecule is Clc1nc(N2Cc3ccccc3C2)c2cn[nH]c2n1. The van der Waals surface area contributed by atoms with Crippen molar-refractivity contribution in [1.29, 1.82) is 0 Å². The molecule has 1 aliphatic rings. The molecule has 5 nitrogen and oxygen atoms in total. The Balaban J connectivity index is 1.83. The van der Waals surface area contributed by atoms with Crippen molar-refractivity contribution in [3.63, 3.8) is 0 Å². The van der Waals surface area contributed by atoms with E-state index in [-0.39, 0.29) is 5.28 Å². The lowest BCUT2D eigenvalue weighted by Gasteiger charge is -2.17. The number of rotatable bonds is 1. The van der Waals surface area contributed by atoms with Gasteiger partial charge in [-0.25, -0.2) is 0 Å². The van der Waals surface area contributed by atoms with Gasteiger partial charge in [-0.05, 0) is 22.7 Å². The summed E-state index contributed by atoms with van der Waals surface area (Å²) in [7, 11) is 0. The number of hydrogen-bond donors (Lipinski definition) is 1. The van der Waals surface area contributed by atoms with Gasteiger partial charge in [-0.2, -0.15) is 15.1 Å². The lowest BCUT2D eigenvalue weighted by atomic mass is 10.1. The fourth-order valence-corrected chi connectivity index (χ4v) is 2.68. The number of hydrogen-bond acceptors (Lipinski definition) is 4. The Labute approximate surface area is 114 Å². The summed E-state index contributed by atoms with van der Waals surface area (Å²) in [5.74, 6) is 0.833. The second kappa shape index (κ2) is 3.93. The third-order valence-corrected chi connectivity index (χ3v) is 3.57. The van der Waals surface area contributed by atoms with E-state index in [0.29, 0.717) is 5.65 Å². The van der Waals surface area contributed by atoms with E-state index in [1.165, 1.54) is 11.1 Å². The quantitative estimate of drug-likeness (QED) is 0.691. The van der Waals surface area contributed by atoms with Crippen LogP contribution in [0, 0.1) is 0 Å². The molecule has 0 atom stereocenters. The summed E-state index contributed by atoms with van der Waals surface area (Å²) in [5.41, 5.74) is 3.33. The molecule has 0 aliphatic carbocycles. The molecule has 1 aliphatic heterocycles. The van der Waals surface area contributed by atoms with Crippen LogP contribution in [0.3, 0.4) is 0 Å².